The average molecular weight is 464 g/mol. The van der Waals surface area contributed by atoms with Crippen molar-refractivity contribution in [3.05, 3.63) is 66.0 Å². The largest absolute Gasteiger partial charge is 0.340 e. The average Bonchev–Trinajstić information content (AvgIpc) is 3.10. The van der Waals surface area contributed by atoms with Gasteiger partial charge in [0.15, 0.2) is 5.82 Å². The number of fused-ring (bicyclic) bond motifs is 1. The summed E-state index contributed by atoms with van der Waals surface area (Å²) in [5.41, 5.74) is 2.13. The quantitative estimate of drug-likeness (QED) is 0.524. The lowest BCUT2D eigenvalue weighted by Gasteiger charge is -2.18. The van der Waals surface area contributed by atoms with Crippen molar-refractivity contribution in [3.8, 4) is 11.4 Å². The van der Waals surface area contributed by atoms with Gasteiger partial charge in [-0.3, -0.25) is 9.59 Å². The molecule has 3 aromatic rings. The highest BCUT2D eigenvalue weighted by molar-refractivity contribution is 7.98. The van der Waals surface area contributed by atoms with Crippen molar-refractivity contribution in [2.24, 2.45) is 0 Å². The van der Waals surface area contributed by atoms with Crippen LogP contribution in [0.15, 0.2) is 54.6 Å². The Morgan fingerprint density at radius 1 is 1.06 bits per heavy atom. The van der Waals surface area contributed by atoms with E-state index < -0.39 is 6.04 Å². The van der Waals surface area contributed by atoms with Crippen molar-refractivity contribution in [2.45, 2.75) is 44.7 Å². The van der Waals surface area contributed by atoms with Crippen molar-refractivity contribution in [3.63, 3.8) is 0 Å². The molecule has 1 aliphatic rings. The predicted octanol–water partition coefficient (Wildman–Crippen LogP) is 4.16. The Kier molecular flexibility index (Phi) is 7.78. The molecule has 8 heteroatoms. The number of carbonyl (C=O) groups is 2. The van der Waals surface area contributed by atoms with Gasteiger partial charge in [0, 0.05) is 29.8 Å². The van der Waals surface area contributed by atoms with E-state index in [1.165, 1.54) is 6.42 Å². The molecule has 0 saturated carbocycles. The van der Waals surface area contributed by atoms with Crippen LogP contribution in [0.25, 0.3) is 11.4 Å². The molecule has 2 amide bonds. The van der Waals surface area contributed by atoms with E-state index in [9.17, 15) is 9.59 Å². The van der Waals surface area contributed by atoms with Crippen molar-refractivity contribution in [1.29, 1.82) is 0 Å². The topological polar surface area (TPSA) is 88.9 Å². The molecule has 0 spiro atoms. The molecule has 0 bridgehead atoms. The highest BCUT2D eigenvalue weighted by Crippen LogP contribution is 2.25. The summed E-state index contributed by atoms with van der Waals surface area (Å²) in [6, 6.07) is 16.0. The summed E-state index contributed by atoms with van der Waals surface area (Å²) >= 11 is 1.64. The van der Waals surface area contributed by atoms with Crippen LogP contribution in [-0.2, 0) is 17.8 Å². The lowest BCUT2D eigenvalue weighted by molar-refractivity contribution is -0.118. The fourth-order valence-corrected chi connectivity index (χ4v) is 4.47. The van der Waals surface area contributed by atoms with Crippen LogP contribution in [0.4, 0.5) is 5.69 Å². The van der Waals surface area contributed by atoms with Crippen molar-refractivity contribution >= 4 is 29.3 Å². The number of nitrogens with zero attached hydrogens (tertiary/aromatic N) is 3. The normalized spacial score (nSPS) is 14.1. The molecule has 1 aliphatic heterocycles. The summed E-state index contributed by atoms with van der Waals surface area (Å²) in [5.74, 6) is 2.14. The van der Waals surface area contributed by atoms with Gasteiger partial charge in [-0.05, 0) is 55.5 Å². The van der Waals surface area contributed by atoms with Gasteiger partial charge >= 0.3 is 0 Å². The minimum Gasteiger partial charge on any atom is -0.340 e. The summed E-state index contributed by atoms with van der Waals surface area (Å²) in [5, 5.41) is 14.7. The minimum atomic E-state index is -0.627. The molecule has 1 atom stereocenters. The molecule has 1 aromatic heterocycles. The van der Waals surface area contributed by atoms with Crippen molar-refractivity contribution in [2.75, 3.05) is 17.3 Å². The number of aryl methyl sites for hydroxylation is 1. The zero-order chi connectivity index (χ0) is 23.0. The maximum Gasteiger partial charge on any atom is 0.251 e. The van der Waals surface area contributed by atoms with Gasteiger partial charge in [0.2, 0.25) is 5.91 Å². The van der Waals surface area contributed by atoms with Gasteiger partial charge in [-0.2, -0.15) is 11.8 Å². The molecule has 2 N–H and O–H groups in total. The number of hydrogen-bond donors (Lipinski definition) is 2. The Morgan fingerprint density at radius 3 is 2.73 bits per heavy atom. The van der Waals surface area contributed by atoms with Crippen molar-refractivity contribution < 1.29 is 9.59 Å². The number of carbonyl (C=O) groups excluding carboxylic acids is 2. The molecule has 172 valence electrons. The van der Waals surface area contributed by atoms with Crippen LogP contribution in [0.2, 0.25) is 0 Å². The first-order valence-electron chi connectivity index (χ1n) is 11.3. The second-order valence-corrected chi connectivity index (χ2v) is 9.13. The number of nitrogens with one attached hydrogen (secondary N) is 2. The van der Waals surface area contributed by atoms with E-state index in [-0.39, 0.29) is 11.8 Å². The van der Waals surface area contributed by atoms with Gasteiger partial charge in [-0.25, -0.2) is 0 Å². The fraction of sp³-hybridized carbons (Fsp3) is 0.360. The third kappa shape index (κ3) is 5.82. The van der Waals surface area contributed by atoms with Crippen LogP contribution in [0, 0.1) is 0 Å². The van der Waals surface area contributed by atoms with Crippen LogP contribution < -0.4 is 10.6 Å². The Morgan fingerprint density at radius 2 is 1.91 bits per heavy atom. The maximum atomic E-state index is 13.1. The van der Waals surface area contributed by atoms with E-state index in [0.29, 0.717) is 17.7 Å². The van der Waals surface area contributed by atoms with E-state index in [0.717, 1.165) is 48.8 Å². The molecule has 0 radical (unpaired) electrons. The SMILES string of the molecule is CSCC[C@H](NC(=O)c1ccccc1)C(=O)Nc1cccc(-c2nnc3n2CCCCC3)c1. The first-order valence-corrected chi connectivity index (χ1v) is 12.7. The van der Waals surface area contributed by atoms with Crippen molar-refractivity contribution in [1.82, 2.24) is 20.1 Å². The number of aromatic nitrogens is 3. The first-order chi connectivity index (χ1) is 16.2. The minimum absolute atomic E-state index is 0.231. The summed E-state index contributed by atoms with van der Waals surface area (Å²) < 4.78 is 2.19. The number of hydrogen-bond acceptors (Lipinski definition) is 5. The van der Waals surface area contributed by atoms with Gasteiger partial charge in [0.25, 0.3) is 5.91 Å². The monoisotopic (exact) mass is 463 g/mol. The van der Waals surface area contributed by atoms with Gasteiger partial charge in [0.1, 0.15) is 11.9 Å². The summed E-state index contributed by atoms with van der Waals surface area (Å²) in [4.78, 5) is 25.7. The van der Waals surface area contributed by atoms with Crippen LogP contribution >= 0.6 is 11.8 Å². The number of benzene rings is 2. The molecule has 2 aromatic carbocycles. The van der Waals surface area contributed by atoms with Gasteiger partial charge < -0.3 is 15.2 Å². The smallest absolute Gasteiger partial charge is 0.251 e. The summed E-state index contributed by atoms with van der Waals surface area (Å²) in [7, 11) is 0. The zero-order valence-electron chi connectivity index (χ0n) is 18.8. The Hall–Kier alpha value is -3.13. The van der Waals surface area contributed by atoms with Gasteiger partial charge in [-0.15, -0.1) is 10.2 Å². The van der Waals surface area contributed by atoms with E-state index in [2.05, 4.69) is 25.4 Å². The fourth-order valence-electron chi connectivity index (χ4n) is 4.00. The Labute approximate surface area is 198 Å². The maximum absolute atomic E-state index is 13.1. The van der Waals surface area contributed by atoms with E-state index in [1.54, 1.807) is 23.9 Å². The zero-order valence-corrected chi connectivity index (χ0v) is 19.6. The highest BCUT2D eigenvalue weighted by atomic mass is 32.2. The molecule has 0 unspecified atom stereocenters. The molecular weight excluding hydrogens is 434 g/mol. The number of rotatable bonds is 8. The second-order valence-electron chi connectivity index (χ2n) is 8.15. The first kappa shape index (κ1) is 23.0. The lowest BCUT2D eigenvalue weighted by Crippen LogP contribution is -2.44. The molecule has 7 nitrogen and oxygen atoms in total. The molecule has 0 saturated heterocycles. The van der Waals surface area contributed by atoms with Crippen LogP contribution in [-0.4, -0.2) is 44.6 Å². The second kappa shape index (κ2) is 11.1. The molecule has 0 aliphatic carbocycles. The molecule has 4 rings (SSSR count). The van der Waals surface area contributed by atoms with E-state index >= 15 is 0 Å². The Bertz CT molecular complexity index is 1100. The molecule has 33 heavy (non-hydrogen) atoms. The molecule has 0 fully saturated rings. The van der Waals surface area contributed by atoms with Crippen LogP contribution in [0.5, 0.6) is 0 Å². The lowest BCUT2D eigenvalue weighted by atomic mass is 10.1. The standard InChI is InChI=1S/C25H29N5O2S/c1-33-16-14-21(27-24(31)18-9-4-2-5-10-18)25(32)26-20-12-8-11-19(17-20)23-29-28-22-13-6-3-7-15-30(22)23/h2,4-5,8-12,17,21H,3,6-7,13-16H2,1H3,(H,26,32)(H,27,31)/t21-/m0/s1. The van der Waals surface area contributed by atoms with E-state index in [1.807, 2.05) is 48.7 Å². The van der Waals surface area contributed by atoms with Crippen LogP contribution in [0.3, 0.4) is 0 Å². The predicted molar refractivity (Wildman–Crippen MR) is 132 cm³/mol. The van der Waals surface area contributed by atoms with E-state index in [4.69, 9.17) is 0 Å². The molecular formula is C25H29N5O2S. The molecule has 2 heterocycles. The third-order valence-electron chi connectivity index (χ3n) is 5.77. The van der Waals surface area contributed by atoms with Gasteiger partial charge in [0.05, 0.1) is 0 Å². The number of anilines is 1. The number of thioether (sulfide) groups is 1. The third-order valence-corrected chi connectivity index (χ3v) is 6.41. The van der Waals surface area contributed by atoms with Crippen LogP contribution in [0.1, 0.15) is 41.9 Å². The van der Waals surface area contributed by atoms with Gasteiger partial charge in [-0.1, -0.05) is 36.8 Å². The summed E-state index contributed by atoms with van der Waals surface area (Å²) in [6.07, 6.45) is 6.93. The Balaban J connectivity index is 1.49. The summed E-state index contributed by atoms with van der Waals surface area (Å²) in [6.45, 7) is 0.913. The number of amides is 2. The highest BCUT2D eigenvalue weighted by Gasteiger charge is 2.22.